The van der Waals surface area contributed by atoms with Gasteiger partial charge in [-0.05, 0) is 44.4 Å². The fourth-order valence-electron chi connectivity index (χ4n) is 1.58. The van der Waals surface area contributed by atoms with Gasteiger partial charge in [0.15, 0.2) is 0 Å². The molecule has 86 valence electrons. The molecule has 2 nitrogen and oxygen atoms in total. The molecular formula is C12H28N2. The van der Waals surface area contributed by atoms with Crippen LogP contribution in [0.2, 0.25) is 0 Å². The minimum absolute atomic E-state index is 0.337. The zero-order chi connectivity index (χ0) is 11.0. The van der Waals surface area contributed by atoms with Crippen LogP contribution in [0.15, 0.2) is 0 Å². The zero-order valence-electron chi connectivity index (χ0n) is 10.5. The molecule has 0 aromatic carbocycles. The quantitative estimate of drug-likeness (QED) is 0.610. The van der Waals surface area contributed by atoms with Crippen LogP contribution in [0, 0.1) is 5.41 Å². The summed E-state index contributed by atoms with van der Waals surface area (Å²) in [6.07, 6.45) is 3.87. The largest absolute Gasteiger partial charge is 0.330 e. The number of hydrogen-bond donors (Lipinski definition) is 1. The van der Waals surface area contributed by atoms with Gasteiger partial charge in [-0.25, -0.2) is 0 Å². The summed E-state index contributed by atoms with van der Waals surface area (Å²) >= 11 is 0. The first-order valence-electron chi connectivity index (χ1n) is 5.98. The predicted octanol–water partition coefficient (Wildman–Crippen LogP) is 2.48. The summed E-state index contributed by atoms with van der Waals surface area (Å²) in [5.74, 6) is 0. The molecule has 0 aliphatic heterocycles. The lowest BCUT2D eigenvalue weighted by Crippen LogP contribution is -2.26. The van der Waals surface area contributed by atoms with Crippen LogP contribution in [0.4, 0.5) is 0 Å². The van der Waals surface area contributed by atoms with E-state index in [9.17, 15) is 0 Å². The van der Waals surface area contributed by atoms with Gasteiger partial charge in [-0.2, -0.15) is 0 Å². The summed E-state index contributed by atoms with van der Waals surface area (Å²) in [6, 6.07) is 0. The highest BCUT2D eigenvalue weighted by Crippen LogP contribution is 2.21. The maximum atomic E-state index is 5.69. The van der Waals surface area contributed by atoms with Crippen LogP contribution in [0.25, 0.3) is 0 Å². The van der Waals surface area contributed by atoms with Gasteiger partial charge < -0.3 is 10.6 Å². The second-order valence-electron chi connectivity index (χ2n) is 4.85. The van der Waals surface area contributed by atoms with Gasteiger partial charge in [0.05, 0.1) is 0 Å². The first-order chi connectivity index (χ1) is 6.55. The molecule has 0 saturated heterocycles. The standard InChI is InChI=1S/C12H28N2/c1-5-14(6-2)10-8-7-9-12(3,4)11-13/h5-11,13H2,1-4H3. The Kier molecular flexibility index (Phi) is 7.20. The molecule has 0 aromatic rings. The summed E-state index contributed by atoms with van der Waals surface area (Å²) in [6.45, 7) is 13.4. The molecule has 0 unspecified atom stereocenters. The van der Waals surface area contributed by atoms with Crippen molar-refractivity contribution in [3.8, 4) is 0 Å². The highest BCUT2D eigenvalue weighted by Gasteiger charge is 2.14. The van der Waals surface area contributed by atoms with E-state index in [1.165, 1.54) is 38.9 Å². The molecule has 0 saturated carbocycles. The highest BCUT2D eigenvalue weighted by molar-refractivity contribution is 4.69. The topological polar surface area (TPSA) is 29.3 Å². The van der Waals surface area contributed by atoms with Gasteiger partial charge >= 0.3 is 0 Å². The molecule has 14 heavy (non-hydrogen) atoms. The van der Waals surface area contributed by atoms with Crippen LogP contribution >= 0.6 is 0 Å². The molecule has 0 radical (unpaired) electrons. The Morgan fingerprint density at radius 1 is 1.07 bits per heavy atom. The van der Waals surface area contributed by atoms with Crippen LogP contribution in [-0.2, 0) is 0 Å². The maximum absolute atomic E-state index is 5.69. The average molecular weight is 200 g/mol. The van der Waals surface area contributed by atoms with Crippen molar-refractivity contribution < 1.29 is 0 Å². The third-order valence-corrected chi connectivity index (χ3v) is 3.02. The molecule has 2 N–H and O–H groups in total. The summed E-state index contributed by atoms with van der Waals surface area (Å²) in [5, 5.41) is 0. The summed E-state index contributed by atoms with van der Waals surface area (Å²) in [5.41, 5.74) is 6.03. The molecule has 0 spiro atoms. The second kappa shape index (κ2) is 7.24. The summed E-state index contributed by atoms with van der Waals surface area (Å²) in [7, 11) is 0. The van der Waals surface area contributed by atoms with E-state index in [-0.39, 0.29) is 0 Å². The van der Waals surface area contributed by atoms with Crippen molar-refractivity contribution >= 4 is 0 Å². The van der Waals surface area contributed by atoms with Gasteiger partial charge in [-0.3, -0.25) is 0 Å². The third kappa shape index (κ3) is 6.39. The fraction of sp³-hybridized carbons (Fsp3) is 1.00. The average Bonchev–Trinajstić information content (AvgIpc) is 2.18. The molecule has 0 amide bonds. The molecule has 2 heteroatoms. The lowest BCUT2D eigenvalue weighted by molar-refractivity contribution is 0.276. The van der Waals surface area contributed by atoms with Gasteiger partial charge in [-0.15, -0.1) is 0 Å². The number of hydrogen-bond acceptors (Lipinski definition) is 2. The van der Waals surface area contributed by atoms with Crippen molar-refractivity contribution in [2.75, 3.05) is 26.2 Å². The Morgan fingerprint density at radius 2 is 1.64 bits per heavy atom. The minimum atomic E-state index is 0.337. The molecule has 0 atom stereocenters. The normalized spacial score (nSPS) is 12.4. The lowest BCUT2D eigenvalue weighted by atomic mass is 9.87. The highest BCUT2D eigenvalue weighted by atomic mass is 15.1. The Labute approximate surface area is 89.9 Å². The minimum Gasteiger partial charge on any atom is -0.330 e. The molecule has 0 aromatic heterocycles. The molecule has 0 aliphatic carbocycles. The van der Waals surface area contributed by atoms with Crippen LogP contribution in [0.5, 0.6) is 0 Å². The molecule has 0 rings (SSSR count). The zero-order valence-corrected chi connectivity index (χ0v) is 10.5. The first-order valence-corrected chi connectivity index (χ1v) is 5.98. The van der Waals surface area contributed by atoms with E-state index >= 15 is 0 Å². The molecule has 0 bridgehead atoms. The Balaban J connectivity index is 3.45. The maximum Gasteiger partial charge on any atom is -0.00190 e. The number of rotatable bonds is 8. The van der Waals surface area contributed by atoms with Gasteiger partial charge in [0.1, 0.15) is 0 Å². The van der Waals surface area contributed by atoms with Crippen LogP contribution in [0.1, 0.15) is 47.0 Å². The second-order valence-corrected chi connectivity index (χ2v) is 4.85. The van der Waals surface area contributed by atoms with Crippen molar-refractivity contribution in [2.24, 2.45) is 11.1 Å². The molecular weight excluding hydrogens is 172 g/mol. The Morgan fingerprint density at radius 3 is 2.07 bits per heavy atom. The smallest absolute Gasteiger partial charge is 0.00190 e. The van der Waals surface area contributed by atoms with Crippen molar-refractivity contribution in [3.63, 3.8) is 0 Å². The fourth-order valence-corrected chi connectivity index (χ4v) is 1.58. The van der Waals surface area contributed by atoms with Crippen molar-refractivity contribution in [1.29, 1.82) is 0 Å². The molecule has 0 heterocycles. The van der Waals surface area contributed by atoms with E-state index in [4.69, 9.17) is 5.73 Å². The van der Waals surface area contributed by atoms with Crippen molar-refractivity contribution in [2.45, 2.75) is 47.0 Å². The van der Waals surface area contributed by atoms with E-state index < -0.39 is 0 Å². The van der Waals surface area contributed by atoms with Crippen LogP contribution in [0.3, 0.4) is 0 Å². The van der Waals surface area contributed by atoms with Gasteiger partial charge in [0.25, 0.3) is 0 Å². The monoisotopic (exact) mass is 200 g/mol. The van der Waals surface area contributed by atoms with Gasteiger partial charge in [0, 0.05) is 0 Å². The number of nitrogens with zero attached hydrogens (tertiary/aromatic N) is 1. The van der Waals surface area contributed by atoms with E-state index in [2.05, 4.69) is 32.6 Å². The van der Waals surface area contributed by atoms with E-state index in [1.807, 2.05) is 0 Å². The Bertz CT molecular complexity index is 128. The van der Waals surface area contributed by atoms with E-state index in [0.717, 1.165) is 6.54 Å². The van der Waals surface area contributed by atoms with E-state index in [1.54, 1.807) is 0 Å². The van der Waals surface area contributed by atoms with Crippen molar-refractivity contribution in [1.82, 2.24) is 4.90 Å². The Hall–Kier alpha value is -0.0800. The lowest BCUT2D eigenvalue weighted by Gasteiger charge is -2.23. The first kappa shape index (κ1) is 13.9. The van der Waals surface area contributed by atoms with Gasteiger partial charge in [-0.1, -0.05) is 34.1 Å². The number of nitrogens with two attached hydrogens (primary N) is 1. The molecule has 0 aliphatic rings. The summed E-state index contributed by atoms with van der Waals surface area (Å²) in [4.78, 5) is 2.48. The number of unbranched alkanes of at least 4 members (excludes halogenated alkanes) is 1. The van der Waals surface area contributed by atoms with Crippen LogP contribution in [-0.4, -0.2) is 31.1 Å². The van der Waals surface area contributed by atoms with Crippen molar-refractivity contribution in [3.05, 3.63) is 0 Å². The van der Waals surface area contributed by atoms with E-state index in [0.29, 0.717) is 5.41 Å². The van der Waals surface area contributed by atoms with Gasteiger partial charge in [0.2, 0.25) is 0 Å². The predicted molar refractivity (Wildman–Crippen MR) is 64.5 cm³/mol. The SMILES string of the molecule is CCN(CC)CCCCC(C)(C)CN. The van der Waals surface area contributed by atoms with Crippen LogP contribution < -0.4 is 5.73 Å². The molecule has 0 fully saturated rings. The third-order valence-electron chi connectivity index (χ3n) is 3.02. The summed E-state index contributed by atoms with van der Waals surface area (Å²) < 4.78 is 0.